The molecule has 1 unspecified atom stereocenters. The monoisotopic (exact) mass is 289 g/mol. The van der Waals surface area contributed by atoms with Crippen molar-refractivity contribution in [2.24, 2.45) is 7.05 Å². The molecule has 2 rings (SSSR count). The number of aromatic nitrogens is 2. The van der Waals surface area contributed by atoms with E-state index in [9.17, 15) is 0 Å². The molecule has 0 spiro atoms. The van der Waals surface area contributed by atoms with E-state index in [4.69, 9.17) is 9.47 Å². The Morgan fingerprint density at radius 3 is 2.62 bits per heavy atom. The summed E-state index contributed by atoms with van der Waals surface area (Å²) in [6.07, 6.45) is 4.70. The summed E-state index contributed by atoms with van der Waals surface area (Å²) in [4.78, 5) is 4.32. The first kappa shape index (κ1) is 15.4. The minimum Gasteiger partial charge on any atom is -0.493 e. The van der Waals surface area contributed by atoms with E-state index in [1.54, 1.807) is 14.2 Å². The quantitative estimate of drug-likeness (QED) is 0.850. The van der Waals surface area contributed by atoms with Gasteiger partial charge in [-0.15, -0.1) is 0 Å². The molecule has 0 saturated heterocycles. The van der Waals surface area contributed by atoms with Gasteiger partial charge in [-0.1, -0.05) is 6.07 Å². The van der Waals surface area contributed by atoms with Gasteiger partial charge in [0.25, 0.3) is 0 Å². The molecule has 1 aromatic carbocycles. The Hall–Kier alpha value is -2.01. The molecule has 1 heterocycles. The van der Waals surface area contributed by atoms with E-state index < -0.39 is 0 Å². The molecule has 1 N–H and O–H groups in total. The average molecular weight is 289 g/mol. The van der Waals surface area contributed by atoms with E-state index in [1.165, 1.54) is 5.56 Å². The summed E-state index contributed by atoms with van der Waals surface area (Å²) >= 11 is 0. The van der Waals surface area contributed by atoms with Gasteiger partial charge in [0.1, 0.15) is 5.82 Å². The highest BCUT2D eigenvalue weighted by atomic mass is 16.5. The number of aryl methyl sites for hydroxylation is 1. The van der Waals surface area contributed by atoms with Crippen LogP contribution in [0.5, 0.6) is 11.5 Å². The maximum Gasteiger partial charge on any atom is 0.161 e. The largest absolute Gasteiger partial charge is 0.493 e. The van der Waals surface area contributed by atoms with Crippen LogP contribution in [-0.4, -0.2) is 30.3 Å². The molecule has 0 aliphatic rings. The van der Waals surface area contributed by atoms with Gasteiger partial charge >= 0.3 is 0 Å². The van der Waals surface area contributed by atoms with Crippen molar-refractivity contribution in [2.75, 3.05) is 20.8 Å². The van der Waals surface area contributed by atoms with E-state index in [2.05, 4.69) is 23.3 Å². The lowest BCUT2D eigenvalue weighted by molar-refractivity contribution is 0.354. The van der Waals surface area contributed by atoms with Gasteiger partial charge < -0.3 is 19.4 Å². The molecule has 0 amide bonds. The second-order valence-electron chi connectivity index (χ2n) is 4.99. The second kappa shape index (κ2) is 7.13. The Bertz CT molecular complexity index is 581. The molecule has 0 saturated carbocycles. The van der Waals surface area contributed by atoms with Crippen molar-refractivity contribution in [3.8, 4) is 11.5 Å². The van der Waals surface area contributed by atoms with Crippen LogP contribution in [0.15, 0.2) is 30.6 Å². The normalized spacial score (nSPS) is 12.2. The van der Waals surface area contributed by atoms with Crippen molar-refractivity contribution in [3.63, 3.8) is 0 Å². The van der Waals surface area contributed by atoms with Gasteiger partial charge in [-0.05, 0) is 24.6 Å². The molecule has 2 aromatic rings. The molecule has 0 aliphatic heterocycles. The second-order valence-corrected chi connectivity index (χ2v) is 4.99. The predicted molar refractivity (Wildman–Crippen MR) is 82.9 cm³/mol. The number of hydrogen-bond acceptors (Lipinski definition) is 4. The summed E-state index contributed by atoms with van der Waals surface area (Å²) in [6, 6.07) is 6.24. The van der Waals surface area contributed by atoms with E-state index in [0.717, 1.165) is 30.3 Å². The number of ether oxygens (including phenoxy) is 2. The highest BCUT2D eigenvalue weighted by Crippen LogP contribution is 2.29. The van der Waals surface area contributed by atoms with Gasteiger partial charge in [-0.3, -0.25) is 0 Å². The fourth-order valence-corrected chi connectivity index (χ4v) is 2.28. The molecular weight excluding hydrogens is 266 g/mol. The summed E-state index contributed by atoms with van der Waals surface area (Å²) in [7, 11) is 5.31. The number of benzene rings is 1. The molecule has 1 atom stereocenters. The standard InChI is InChI=1S/C16H23N3O2/c1-12(17-8-7-16-18-9-10-19(16)2)13-5-6-14(20-3)15(11-13)21-4/h5-6,9-12,17H,7-8H2,1-4H3. The highest BCUT2D eigenvalue weighted by molar-refractivity contribution is 5.43. The molecular formula is C16H23N3O2. The zero-order chi connectivity index (χ0) is 15.2. The highest BCUT2D eigenvalue weighted by Gasteiger charge is 2.10. The van der Waals surface area contributed by atoms with E-state index in [0.29, 0.717) is 0 Å². The van der Waals surface area contributed by atoms with Gasteiger partial charge in [0.2, 0.25) is 0 Å². The first-order valence-corrected chi connectivity index (χ1v) is 7.07. The van der Waals surface area contributed by atoms with Crippen LogP contribution in [0.1, 0.15) is 24.4 Å². The molecule has 0 aliphatic carbocycles. The van der Waals surface area contributed by atoms with Crippen LogP contribution in [0, 0.1) is 0 Å². The Morgan fingerprint density at radius 1 is 1.24 bits per heavy atom. The van der Waals surface area contributed by atoms with E-state index in [1.807, 2.05) is 36.1 Å². The number of imidazole rings is 1. The Labute approximate surface area is 125 Å². The predicted octanol–water partition coefficient (Wildman–Crippen LogP) is 2.33. The summed E-state index contributed by atoms with van der Waals surface area (Å²) in [5, 5.41) is 3.50. The maximum atomic E-state index is 5.34. The molecule has 5 heteroatoms. The minimum absolute atomic E-state index is 0.241. The van der Waals surface area contributed by atoms with Crippen molar-refractivity contribution in [2.45, 2.75) is 19.4 Å². The lowest BCUT2D eigenvalue weighted by Crippen LogP contribution is -2.22. The number of methoxy groups -OCH3 is 2. The van der Waals surface area contributed by atoms with Crippen molar-refractivity contribution in [3.05, 3.63) is 42.0 Å². The average Bonchev–Trinajstić information content (AvgIpc) is 2.91. The van der Waals surface area contributed by atoms with Crippen LogP contribution in [0.4, 0.5) is 0 Å². The third kappa shape index (κ3) is 3.76. The van der Waals surface area contributed by atoms with Gasteiger partial charge in [0, 0.05) is 38.4 Å². The molecule has 1 aromatic heterocycles. The molecule has 0 radical (unpaired) electrons. The van der Waals surface area contributed by atoms with Crippen molar-refractivity contribution < 1.29 is 9.47 Å². The minimum atomic E-state index is 0.241. The first-order chi connectivity index (χ1) is 10.2. The number of nitrogens with one attached hydrogen (secondary N) is 1. The topological polar surface area (TPSA) is 48.3 Å². The summed E-state index contributed by atoms with van der Waals surface area (Å²) in [6.45, 7) is 3.01. The van der Waals surface area contributed by atoms with Crippen LogP contribution in [0.3, 0.4) is 0 Å². The molecule has 0 fully saturated rings. The van der Waals surface area contributed by atoms with E-state index >= 15 is 0 Å². The van der Waals surface area contributed by atoms with Gasteiger partial charge in [0.15, 0.2) is 11.5 Å². The van der Waals surface area contributed by atoms with Crippen LogP contribution >= 0.6 is 0 Å². The smallest absolute Gasteiger partial charge is 0.161 e. The maximum absolute atomic E-state index is 5.34. The van der Waals surface area contributed by atoms with Gasteiger partial charge in [-0.2, -0.15) is 0 Å². The molecule has 5 nitrogen and oxygen atoms in total. The van der Waals surface area contributed by atoms with Crippen LogP contribution in [0.25, 0.3) is 0 Å². The van der Waals surface area contributed by atoms with Crippen LogP contribution in [-0.2, 0) is 13.5 Å². The Kier molecular flexibility index (Phi) is 5.22. The molecule has 0 bridgehead atoms. The summed E-state index contributed by atoms with van der Waals surface area (Å²) in [5.41, 5.74) is 1.17. The van der Waals surface area contributed by atoms with Gasteiger partial charge in [-0.25, -0.2) is 4.98 Å². The fraction of sp³-hybridized carbons (Fsp3) is 0.438. The van der Waals surface area contributed by atoms with Crippen molar-refractivity contribution in [1.29, 1.82) is 0 Å². The zero-order valence-electron chi connectivity index (χ0n) is 13.1. The van der Waals surface area contributed by atoms with Crippen molar-refractivity contribution >= 4 is 0 Å². The molecule has 21 heavy (non-hydrogen) atoms. The van der Waals surface area contributed by atoms with Gasteiger partial charge in [0.05, 0.1) is 14.2 Å². The lowest BCUT2D eigenvalue weighted by Gasteiger charge is -2.16. The summed E-state index contributed by atoms with van der Waals surface area (Å²) in [5.74, 6) is 2.59. The first-order valence-electron chi connectivity index (χ1n) is 7.07. The number of nitrogens with zero attached hydrogens (tertiary/aromatic N) is 2. The SMILES string of the molecule is COc1ccc(C(C)NCCc2nccn2C)cc1OC. The Balaban J connectivity index is 1.94. The third-order valence-electron chi connectivity index (χ3n) is 3.63. The Morgan fingerprint density at radius 2 is 2.00 bits per heavy atom. The van der Waals surface area contributed by atoms with Crippen LogP contribution < -0.4 is 14.8 Å². The third-order valence-corrected chi connectivity index (χ3v) is 3.63. The number of hydrogen-bond donors (Lipinski definition) is 1. The van der Waals surface area contributed by atoms with Crippen molar-refractivity contribution in [1.82, 2.24) is 14.9 Å². The molecule has 114 valence electrons. The van der Waals surface area contributed by atoms with E-state index in [-0.39, 0.29) is 6.04 Å². The summed E-state index contributed by atoms with van der Waals surface area (Å²) < 4.78 is 12.6. The zero-order valence-corrected chi connectivity index (χ0v) is 13.1. The number of rotatable bonds is 7. The lowest BCUT2D eigenvalue weighted by atomic mass is 10.1. The van der Waals surface area contributed by atoms with Crippen LogP contribution in [0.2, 0.25) is 0 Å². The fourth-order valence-electron chi connectivity index (χ4n) is 2.28.